The number of nitro benzene ring substituents is 2. The number of aryl methyl sites for hydroxylation is 2. The molecule has 0 spiro atoms. The van der Waals surface area contributed by atoms with Gasteiger partial charge in [0.05, 0.1) is 20.8 Å². The number of nitro groups is 2. The van der Waals surface area contributed by atoms with Gasteiger partial charge < -0.3 is 10.1 Å². The van der Waals surface area contributed by atoms with Crippen LogP contribution in [0.3, 0.4) is 0 Å². The number of hydrogen-bond donors (Lipinski definition) is 1. The molecule has 0 radical (unpaired) electrons. The molecule has 0 aliphatic carbocycles. The van der Waals surface area contributed by atoms with E-state index in [1.165, 1.54) is 18.2 Å². The van der Waals surface area contributed by atoms with Crippen molar-refractivity contribution in [1.82, 2.24) is 4.90 Å². The first kappa shape index (κ1) is 27.0. The van der Waals surface area contributed by atoms with Gasteiger partial charge in [-0.3, -0.25) is 39.5 Å². The molecule has 1 heterocycles. The minimum Gasteiger partial charge on any atom is -0.450 e. The van der Waals surface area contributed by atoms with Crippen molar-refractivity contribution in [1.29, 1.82) is 0 Å². The monoisotopic (exact) mass is 548 g/mol. The van der Waals surface area contributed by atoms with E-state index in [1.54, 1.807) is 18.2 Å². The number of nitrogens with one attached hydrogen (secondary N) is 1. The van der Waals surface area contributed by atoms with E-state index in [0.29, 0.717) is 23.0 Å². The highest BCUT2D eigenvalue weighted by molar-refractivity contribution is 8.18. The molecule has 0 atom stereocenters. The fourth-order valence-corrected chi connectivity index (χ4v) is 4.52. The highest BCUT2D eigenvalue weighted by Gasteiger charge is 2.36. The van der Waals surface area contributed by atoms with Crippen molar-refractivity contribution in [2.75, 3.05) is 11.9 Å². The highest BCUT2D eigenvalue weighted by Crippen LogP contribution is 2.35. The molecule has 3 aromatic rings. The maximum absolute atomic E-state index is 12.8. The second kappa shape index (κ2) is 11.1. The number of anilines is 1. The average molecular weight is 549 g/mol. The third kappa shape index (κ3) is 6.27. The second-order valence-corrected chi connectivity index (χ2v) is 9.46. The van der Waals surface area contributed by atoms with Gasteiger partial charge in [0.1, 0.15) is 12.3 Å². The summed E-state index contributed by atoms with van der Waals surface area (Å²) >= 11 is 0.703. The van der Waals surface area contributed by atoms with Crippen molar-refractivity contribution >= 4 is 52.0 Å². The minimum absolute atomic E-state index is 0.124. The smallest absolute Gasteiger partial charge is 0.318 e. The maximum atomic E-state index is 12.8. The predicted molar refractivity (Wildman–Crippen MR) is 143 cm³/mol. The predicted octanol–water partition coefficient (Wildman–Crippen LogP) is 5.59. The van der Waals surface area contributed by atoms with Gasteiger partial charge >= 0.3 is 5.69 Å². The Morgan fingerprint density at radius 2 is 1.72 bits per heavy atom. The fourth-order valence-electron chi connectivity index (χ4n) is 3.68. The molecule has 1 aliphatic rings. The summed E-state index contributed by atoms with van der Waals surface area (Å²) in [6.07, 6.45) is 1.48. The summed E-state index contributed by atoms with van der Waals surface area (Å²) in [6, 6.07) is 14.6. The number of non-ortho nitro benzene ring substituents is 1. The van der Waals surface area contributed by atoms with E-state index in [9.17, 15) is 34.6 Å². The molecule has 1 saturated heterocycles. The molecule has 0 unspecified atom stereocenters. The standard InChI is InChI=1S/C26H20N4O8S/c1-15-3-9-20(16(2)11-15)27-24(31)14-28-25(32)23(39-26(28)33)12-17-4-7-19(8-5-17)38-22-10-6-18(29(34)35)13-21(22)30(36)37/h3-13H,14H2,1-2H3,(H,27,31)/b23-12+. The van der Waals surface area contributed by atoms with Gasteiger partial charge in [-0.2, -0.15) is 0 Å². The van der Waals surface area contributed by atoms with Gasteiger partial charge in [-0.25, -0.2) is 0 Å². The van der Waals surface area contributed by atoms with Crippen LogP contribution in [0.15, 0.2) is 65.6 Å². The van der Waals surface area contributed by atoms with Gasteiger partial charge in [-0.05, 0) is 67.1 Å². The molecular weight excluding hydrogens is 528 g/mol. The number of carbonyl (C=O) groups excluding carboxylic acids is 3. The summed E-state index contributed by atoms with van der Waals surface area (Å²) in [4.78, 5) is 59.4. The molecule has 0 saturated carbocycles. The SMILES string of the molecule is Cc1ccc(NC(=O)CN2C(=O)S/C(=C/c3ccc(Oc4ccc([N+](=O)[O-])cc4[N+](=O)[O-])cc3)C2=O)c(C)c1. The van der Waals surface area contributed by atoms with E-state index >= 15 is 0 Å². The lowest BCUT2D eigenvalue weighted by Crippen LogP contribution is -2.36. The van der Waals surface area contributed by atoms with Crippen molar-refractivity contribution in [3.8, 4) is 11.5 Å². The van der Waals surface area contributed by atoms with Crippen LogP contribution in [0.5, 0.6) is 11.5 Å². The first-order valence-corrected chi connectivity index (χ1v) is 12.2. The first-order valence-electron chi connectivity index (χ1n) is 11.3. The van der Waals surface area contributed by atoms with E-state index in [-0.39, 0.29) is 16.4 Å². The number of nitrogens with zero attached hydrogens (tertiary/aromatic N) is 3. The zero-order chi connectivity index (χ0) is 28.3. The normalized spacial score (nSPS) is 14.0. The van der Waals surface area contributed by atoms with Crippen molar-refractivity contribution in [3.63, 3.8) is 0 Å². The molecular formula is C26H20N4O8S. The van der Waals surface area contributed by atoms with Gasteiger partial charge in [0.15, 0.2) is 0 Å². The van der Waals surface area contributed by atoms with Crippen LogP contribution in [-0.4, -0.2) is 38.3 Å². The first-order chi connectivity index (χ1) is 18.5. The van der Waals surface area contributed by atoms with Gasteiger partial charge in [0, 0.05) is 11.8 Å². The Hall–Kier alpha value is -5.04. The van der Waals surface area contributed by atoms with Crippen LogP contribution in [0.4, 0.5) is 21.9 Å². The van der Waals surface area contributed by atoms with E-state index in [0.717, 1.165) is 34.2 Å². The van der Waals surface area contributed by atoms with Crippen LogP contribution in [0.1, 0.15) is 16.7 Å². The number of rotatable bonds is 8. The Morgan fingerprint density at radius 1 is 1.00 bits per heavy atom. The van der Waals surface area contributed by atoms with Crippen molar-refractivity contribution in [3.05, 3.63) is 102 Å². The summed E-state index contributed by atoms with van der Waals surface area (Å²) in [5, 5.41) is 24.3. The summed E-state index contributed by atoms with van der Waals surface area (Å²) in [5.41, 5.74) is 2.01. The zero-order valence-corrected chi connectivity index (χ0v) is 21.4. The molecule has 0 aromatic heterocycles. The van der Waals surface area contributed by atoms with Gasteiger partial charge in [-0.1, -0.05) is 29.8 Å². The number of ether oxygens (including phenoxy) is 1. The molecule has 198 valence electrons. The van der Waals surface area contributed by atoms with Crippen LogP contribution in [0, 0.1) is 34.1 Å². The van der Waals surface area contributed by atoms with E-state index < -0.39 is 44.8 Å². The van der Waals surface area contributed by atoms with E-state index in [2.05, 4.69) is 5.32 Å². The second-order valence-electron chi connectivity index (χ2n) is 8.47. The number of carbonyl (C=O) groups is 3. The lowest BCUT2D eigenvalue weighted by Gasteiger charge is -2.14. The molecule has 1 N–H and O–H groups in total. The van der Waals surface area contributed by atoms with Crippen molar-refractivity contribution in [2.24, 2.45) is 0 Å². The molecule has 1 aliphatic heterocycles. The summed E-state index contributed by atoms with van der Waals surface area (Å²) in [7, 11) is 0. The molecule has 13 heteroatoms. The van der Waals surface area contributed by atoms with Crippen LogP contribution in [-0.2, 0) is 9.59 Å². The Kier molecular flexibility index (Phi) is 7.72. The topological polar surface area (TPSA) is 162 Å². The number of benzene rings is 3. The minimum atomic E-state index is -0.783. The molecule has 12 nitrogen and oxygen atoms in total. The number of thioether (sulfide) groups is 1. The summed E-state index contributed by atoms with van der Waals surface area (Å²) in [5.74, 6) is -1.09. The molecule has 3 amide bonds. The average Bonchev–Trinajstić information content (AvgIpc) is 3.14. The lowest BCUT2D eigenvalue weighted by atomic mass is 10.1. The summed E-state index contributed by atoms with van der Waals surface area (Å²) < 4.78 is 5.53. The quantitative estimate of drug-likeness (QED) is 0.215. The van der Waals surface area contributed by atoms with Crippen molar-refractivity contribution in [2.45, 2.75) is 13.8 Å². The Morgan fingerprint density at radius 3 is 2.36 bits per heavy atom. The Bertz CT molecular complexity index is 1550. The number of imide groups is 1. The van der Waals surface area contributed by atoms with Crippen LogP contribution < -0.4 is 10.1 Å². The molecule has 0 bridgehead atoms. The van der Waals surface area contributed by atoms with E-state index in [4.69, 9.17) is 4.74 Å². The van der Waals surface area contributed by atoms with Crippen LogP contribution in [0.25, 0.3) is 6.08 Å². The largest absolute Gasteiger partial charge is 0.450 e. The fraction of sp³-hybridized carbons (Fsp3) is 0.115. The highest BCUT2D eigenvalue weighted by atomic mass is 32.2. The zero-order valence-electron chi connectivity index (χ0n) is 20.6. The van der Waals surface area contributed by atoms with Crippen molar-refractivity contribution < 1.29 is 29.0 Å². The molecule has 39 heavy (non-hydrogen) atoms. The molecule has 1 fully saturated rings. The van der Waals surface area contributed by atoms with Crippen LogP contribution in [0.2, 0.25) is 0 Å². The Labute approximate surface area is 225 Å². The molecule has 4 rings (SSSR count). The number of hydrogen-bond acceptors (Lipinski definition) is 9. The third-order valence-corrected chi connectivity index (χ3v) is 6.49. The van der Waals surface area contributed by atoms with Crippen LogP contribution >= 0.6 is 11.8 Å². The Balaban J connectivity index is 1.43. The maximum Gasteiger partial charge on any atom is 0.318 e. The van der Waals surface area contributed by atoms with Gasteiger partial charge in [0.2, 0.25) is 11.7 Å². The van der Waals surface area contributed by atoms with Gasteiger partial charge in [0.25, 0.3) is 16.8 Å². The van der Waals surface area contributed by atoms with Gasteiger partial charge in [-0.15, -0.1) is 0 Å². The third-order valence-electron chi connectivity index (χ3n) is 5.59. The van der Waals surface area contributed by atoms with E-state index in [1.807, 2.05) is 26.0 Å². The molecule has 3 aromatic carbocycles. The summed E-state index contributed by atoms with van der Waals surface area (Å²) in [6.45, 7) is 3.34. The number of amides is 3. The lowest BCUT2D eigenvalue weighted by molar-refractivity contribution is -0.394.